The van der Waals surface area contributed by atoms with Gasteiger partial charge < -0.3 is 10.4 Å². The van der Waals surface area contributed by atoms with Gasteiger partial charge in [-0.15, -0.1) is 0 Å². The van der Waals surface area contributed by atoms with Gasteiger partial charge in [-0.05, 0) is 12.1 Å². The summed E-state index contributed by atoms with van der Waals surface area (Å²) in [5.41, 5.74) is 1.15. The van der Waals surface area contributed by atoms with Crippen LogP contribution in [0.2, 0.25) is 0 Å². The molecule has 14 heavy (non-hydrogen) atoms. The van der Waals surface area contributed by atoms with Crippen molar-refractivity contribution < 1.29 is 9.90 Å². The molecule has 1 aliphatic heterocycles. The van der Waals surface area contributed by atoms with E-state index in [4.69, 9.17) is 5.26 Å². The molecular weight excluding hydrogens is 180 g/mol. The van der Waals surface area contributed by atoms with Crippen molar-refractivity contribution in [2.75, 3.05) is 5.32 Å². The van der Waals surface area contributed by atoms with Crippen molar-refractivity contribution in [2.45, 2.75) is 12.3 Å². The Morgan fingerprint density at radius 1 is 1.57 bits per heavy atom. The quantitative estimate of drug-likeness (QED) is 0.698. The number of anilines is 1. The van der Waals surface area contributed by atoms with Crippen LogP contribution in [0, 0.1) is 11.3 Å². The Morgan fingerprint density at radius 3 is 3.07 bits per heavy atom. The first-order valence-corrected chi connectivity index (χ1v) is 4.23. The van der Waals surface area contributed by atoms with Crippen LogP contribution in [0.3, 0.4) is 0 Å². The van der Waals surface area contributed by atoms with Gasteiger partial charge in [-0.1, -0.05) is 6.07 Å². The molecule has 0 spiro atoms. The van der Waals surface area contributed by atoms with Crippen molar-refractivity contribution in [3.63, 3.8) is 0 Å². The minimum atomic E-state index is -0.531. The maximum atomic E-state index is 11.4. The predicted molar refractivity (Wildman–Crippen MR) is 49.7 cm³/mol. The van der Waals surface area contributed by atoms with Gasteiger partial charge in [-0.3, -0.25) is 4.79 Å². The van der Waals surface area contributed by atoms with Gasteiger partial charge in [-0.25, -0.2) is 0 Å². The number of amides is 1. The van der Waals surface area contributed by atoms with E-state index in [0.717, 1.165) is 0 Å². The molecule has 1 atom stereocenters. The van der Waals surface area contributed by atoms with Crippen molar-refractivity contribution in [1.29, 1.82) is 5.26 Å². The molecule has 0 aromatic heterocycles. The number of nitriles is 1. The molecule has 2 N–H and O–H groups in total. The number of aromatic hydroxyl groups is 1. The normalized spacial score (nSPS) is 18.5. The number of phenolic OH excluding ortho intramolecular Hbond substituents is 1. The molecule has 1 aliphatic rings. The van der Waals surface area contributed by atoms with Crippen LogP contribution in [0.25, 0.3) is 0 Å². The summed E-state index contributed by atoms with van der Waals surface area (Å²) in [5.74, 6) is -0.680. The second-order valence-electron chi connectivity index (χ2n) is 3.14. The van der Waals surface area contributed by atoms with E-state index in [9.17, 15) is 9.90 Å². The summed E-state index contributed by atoms with van der Waals surface area (Å²) >= 11 is 0. The molecule has 4 heteroatoms. The van der Waals surface area contributed by atoms with Crippen LogP contribution in [0.5, 0.6) is 5.75 Å². The molecule has 0 unspecified atom stereocenters. The number of hydrogen-bond donors (Lipinski definition) is 2. The van der Waals surface area contributed by atoms with E-state index < -0.39 is 5.92 Å². The lowest BCUT2D eigenvalue weighted by Crippen LogP contribution is -2.11. The predicted octanol–water partition coefficient (Wildman–Crippen LogP) is 1.34. The topological polar surface area (TPSA) is 73.1 Å². The van der Waals surface area contributed by atoms with Crippen LogP contribution in [0.4, 0.5) is 5.69 Å². The van der Waals surface area contributed by atoms with Crippen LogP contribution in [0.1, 0.15) is 17.9 Å². The number of nitrogens with one attached hydrogen (secondary N) is 1. The second-order valence-corrected chi connectivity index (χ2v) is 3.14. The number of fused-ring (bicyclic) bond motifs is 1. The van der Waals surface area contributed by atoms with Crippen LogP contribution < -0.4 is 5.32 Å². The monoisotopic (exact) mass is 188 g/mol. The number of hydrogen-bond acceptors (Lipinski definition) is 3. The molecule has 70 valence electrons. The summed E-state index contributed by atoms with van der Waals surface area (Å²) in [6, 6.07) is 6.82. The lowest BCUT2D eigenvalue weighted by molar-refractivity contribution is -0.116. The van der Waals surface area contributed by atoms with E-state index in [1.165, 1.54) is 6.07 Å². The lowest BCUT2D eigenvalue weighted by Gasteiger charge is -2.04. The van der Waals surface area contributed by atoms with E-state index in [0.29, 0.717) is 11.3 Å². The second kappa shape index (κ2) is 3.04. The van der Waals surface area contributed by atoms with Crippen LogP contribution in [-0.4, -0.2) is 11.0 Å². The Balaban J connectivity index is 2.51. The zero-order chi connectivity index (χ0) is 10.1. The molecular formula is C10H8N2O2. The van der Waals surface area contributed by atoms with Gasteiger partial charge in [0.1, 0.15) is 5.75 Å². The molecule has 2 rings (SSSR count). The van der Waals surface area contributed by atoms with E-state index in [1.807, 2.05) is 6.07 Å². The molecule has 0 aliphatic carbocycles. The van der Waals surface area contributed by atoms with Crippen LogP contribution in [-0.2, 0) is 4.79 Å². The first-order valence-electron chi connectivity index (χ1n) is 4.23. The highest BCUT2D eigenvalue weighted by Crippen LogP contribution is 2.39. The number of phenols is 1. The number of carbonyl (C=O) groups is 1. The highest BCUT2D eigenvalue weighted by Gasteiger charge is 2.32. The third-order valence-corrected chi connectivity index (χ3v) is 2.30. The fourth-order valence-electron chi connectivity index (χ4n) is 1.67. The third kappa shape index (κ3) is 1.11. The Labute approximate surface area is 80.8 Å². The SMILES string of the molecule is N#CC[C@H]1C(=O)Nc2cccc(O)c21. The van der Waals surface area contributed by atoms with E-state index in [1.54, 1.807) is 12.1 Å². The Morgan fingerprint density at radius 2 is 2.36 bits per heavy atom. The standard InChI is InChI=1S/C10H8N2O2/c11-5-4-6-9-7(12-10(6)14)2-1-3-8(9)13/h1-3,6,13H,4H2,(H,12,14)/t6-/m1/s1. The van der Waals surface area contributed by atoms with Gasteiger partial charge >= 0.3 is 0 Å². The molecule has 0 bridgehead atoms. The molecule has 0 radical (unpaired) electrons. The molecule has 1 aromatic carbocycles. The fourth-order valence-corrected chi connectivity index (χ4v) is 1.67. The molecule has 0 saturated heterocycles. The van der Waals surface area contributed by atoms with E-state index in [2.05, 4.69) is 5.32 Å². The number of benzene rings is 1. The lowest BCUT2D eigenvalue weighted by atomic mass is 9.97. The summed E-state index contributed by atoms with van der Waals surface area (Å²) in [6.45, 7) is 0. The maximum absolute atomic E-state index is 11.4. The summed E-state index contributed by atoms with van der Waals surface area (Å²) in [7, 11) is 0. The Hall–Kier alpha value is -2.02. The summed E-state index contributed by atoms with van der Waals surface area (Å²) in [6.07, 6.45) is 0.0937. The van der Waals surface area contributed by atoms with Crippen molar-refractivity contribution >= 4 is 11.6 Å². The molecule has 0 fully saturated rings. The van der Waals surface area contributed by atoms with E-state index in [-0.39, 0.29) is 18.1 Å². The number of nitrogens with zero attached hydrogens (tertiary/aromatic N) is 1. The molecule has 4 nitrogen and oxygen atoms in total. The van der Waals surface area contributed by atoms with Crippen molar-refractivity contribution in [3.05, 3.63) is 23.8 Å². The molecule has 1 amide bonds. The number of rotatable bonds is 1. The highest BCUT2D eigenvalue weighted by molar-refractivity contribution is 6.03. The van der Waals surface area contributed by atoms with Gasteiger partial charge in [0.2, 0.25) is 5.91 Å². The Kier molecular flexibility index (Phi) is 1.86. The zero-order valence-electron chi connectivity index (χ0n) is 7.32. The molecule has 1 heterocycles. The first kappa shape index (κ1) is 8.57. The smallest absolute Gasteiger partial charge is 0.233 e. The average Bonchev–Trinajstić information content (AvgIpc) is 2.45. The highest BCUT2D eigenvalue weighted by atomic mass is 16.3. The Bertz CT molecular complexity index is 434. The fraction of sp³-hybridized carbons (Fsp3) is 0.200. The first-order chi connectivity index (χ1) is 6.74. The van der Waals surface area contributed by atoms with Gasteiger partial charge in [0, 0.05) is 11.3 Å². The number of carbonyl (C=O) groups excluding carboxylic acids is 1. The minimum absolute atomic E-state index is 0.0705. The minimum Gasteiger partial charge on any atom is -0.508 e. The largest absolute Gasteiger partial charge is 0.508 e. The van der Waals surface area contributed by atoms with Crippen molar-refractivity contribution in [1.82, 2.24) is 0 Å². The van der Waals surface area contributed by atoms with Crippen molar-refractivity contribution in [2.24, 2.45) is 0 Å². The van der Waals surface area contributed by atoms with Gasteiger partial charge in [0.15, 0.2) is 0 Å². The third-order valence-electron chi connectivity index (χ3n) is 2.30. The van der Waals surface area contributed by atoms with Crippen molar-refractivity contribution in [3.8, 4) is 11.8 Å². The molecule has 0 saturated carbocycles. The van der Waals surface area contributed by atoms with Crippen LogP contribution >= 0.6 is 0 Å². The van der Waals surface area contributed by atoms with Gasteiger partial charge in [-0.2, -0.15) is 5.26 Å². The maximum Gasteiger partial charge on any atom is 0.233 e. The molecule has 1 aromatic rings. The van der Waals surface area contributed by atoms with Gasteiger partial charge in [0.05, 0.1) is 18.4 Å². The zero-order valence-corrected chi connectivity index (χ0v) is 7.32. The summed E-state index contributed by atoms with van der Waals surface area (Å²) < 4.78 is 0. The van der Waals surface area contributed by atoms with Gasteiger partial charge in [0.25, 0.3) is 0 Å². The summed E-state index contributed by atoms with van der Waals surface area (Å²) in [4.78, 5) is 11.4. The average molecular weight is 188 g/mol. The summed E-state index contributed by atoms with van der Waals surface area (Å²) in [5, 5.41) is 20.7. The van der Waals surface area contributed by atoms with E-state index >= 15 is 0 Å². The van der Waals surface area contributed by atoms with Crippen LogP contribution in [0.15, 0.2) is 18.2 Å².